The monoisotopic (exact) mass is 549 g/mol. The minimum absolute atomic E-state index is 0.00107. The van der Waals surface area contributed by atoms with Crippen LogP contribution in [0.15, 0.2) is 66.7 Å². The highest BCUT2D eigenvalue weighted by molar-refractivity contribution is 7.80. The van der Waals surface area contributed by atoms with Gasteiger partial charge in [0.2, 0.25) is 5.91 Å². The molecule has 0 spiro atoms. The van der Waals surface area contributed by atoms with Crippen LogP contribution in [0.5, 0.6) is 5.75 Å². The molecule has 0 saturated heterocycles. The molecule has 2 unspecified atom stereocenters. The Hall–Kier alpha value is -3.72. The van der Waals surface area contributed by atoms with Crippen LogP contribution in [-0.4, -0.2) is 51.4 Å². The number of carbonyl (C=O) groups excluding carboxylic acids is 3. The number of para-hydroxylation sites is 1. The van der Waals surface area contributed by atoms with Crippen molar-refractivity contribution in [3.8, 4) is 5.75 Å². The lowest BCUT2D eigenvalue weighted by Crippen LogP contribution is -2.57. The number of thiol groups is 1. The Morgan fingerprint density at radius 3 is 2.31 bits per heavy atom. The van der Waals surface area contributed by atoms with Crippen molar-refractivity contribution in [2.24, 2.45) is 0 Å². The number of carbonyl (C=O) groups is 3. The van der Waals surface area contributed by atoms with Crippen LogP contribution < -0.4 is 10.6 Å². The van der Waals surface area contributed by atoms with Crippen LogP contribution in [0.4, 0.5) is 10.5 Å². The summed E-state index contributed by atoms with van der Waals surface area (Å²) in [6.07, 6.45) is 1.55. The molecule has 1 aliphatic carbocycles. The lowest BCUT2D eigenvalue weighted by Gasteiger charge is -2.43. The largest absolute Gasteiger partial charge is 0.508 e. The third-order valence-electron chi connectivity index (χ3n) is 6.67. The van der Waals surface area contributed by atoms with Gasteiger partial charge in [-0.1, -0.05) is 48.5 Å². The Morgan fingerprint density at radius 1 is 1.03 bits per heavy atom. The summed E-state index contributed by atoms with van der Waals surface area (Å²) in [5.41, 5.74) is 0.115. The van der Waals surface area contributed by atoms with Crippen LogP contribution in [0.25, 0.3) is 10.8 Å². The van der Waals surface area contributed by atoms with Crippen LogP contribution in [0.3, 0.4) is 0 Å². The summed E-state index contributed by atoms with van der Waals surface area (Å²) in [6, 6.07) is 17.5. The highest BCUT2D eigenvalue weighted by Crippen LogP contribution is 2.37. The maximum absolute atomic E-state index is 14.0. The first-order valence-corrected chi connectivity index (χ1v) is 13.7. The minimum Gasteiger partial charge on any atom is -0.508 e. The van der Waals surface area contributed by atoms with Crippen LogP contribution in [0.1, 0.15) is 51.6 Å². The molecule has 1 saturated carbocycles. The van der Waals surface area contributed by atoms with E-state index in [9.17, 15) is 19.5 Å². The van der Waals surface area contributed by atoms with Crippen molar-refractivity contribution in [1.82, 2.24) is 10.2 Å². The molecule has 206 valence electrons. The number of hydrogen-bond donors (Lipinski definition) is 4. The van der Waals surface area contributed by atoms with Gasteiger partial charge in [-0.05, 0) is 69.0 Å². The second-order valence-corrected chi connectivity index (χ2v) is 11.1. The van der Waals surface area contributed by atoms with E-state index in [1.54, 1.807) is 45.0 Å². The fraction of sp³-hybridized carbons (Fsp3) is 0.367. The third-order valence-corrected chi connectivity index (χ3v) is 7.03. The molecule has 39 heavy (non-hydrogen) atoms. The summed E-state index contributed by atoms with van der Waals surface area (Å²) in [7, 11) is 0. The van der Waals surface area contributed by atoms with Gasteiger partial charge in [-0.3, -0.25) is 9.59 Å². The van der Waals surface area contributed by atoms with E-state index in [1.807, 2.05) is 36.4 Å². The Bertz CT molecular complexity index is 1350. The third kappa shape index (κ3) is 6.84. The molecule has 2 atom stereocenters. The van der Waals surface area contributed by atoms with Crippen molar-refractivity contribution in [2.45, 2.75) is 63.8 Å². The standard InChI is InChI=1S/C30H35N3O5S/c1-30(2,3)38-29(37)32-24(18-39)28(36)33(22-11-8-12-22)26(23-13-6-7-14-25(23)34)27(35)31-21-16-15-19-9-4-5-10-20(19)17-21/h4-7,9-10,13-17,22,24,26,34,39H,8,11-12,18H2,1-3H3,(H,31,35)(H,32,37). The lowest BCUT2D eigenvalue weighted by molar-refractivity contribution is -0.145. The van der Waals surface area contributed by atoms with E-state index in [4.69, 9.17) is 4.74 Å². The van der Waals surface area contributed by atoms with E-state index in [0.29, 0.717) is 24.1 Å². The number of alkyl carbamates (subject to hydrolysis) is 1. The molecule has 0 heterocycles. The fourth-order valence-corrected chi connectivity index (χ4v) is 4.86. The van der Waals surface area contributed by atoms with Crippen molar-refractivity contribution in [2.75, 3.05) is 11.1 Å². The van der Waals surface area contributed by atoms with E-state index in [0.717, 1.165) is 17.2 Å². The van der Waals surface area contributed by atoms with Crippen molar-refractivity contribution in [1.29, 1.82) is 0 Å². The summed E-state index contributed by atoms with van der Waals surface area (Å²) in [5.74, 6) is -1.04. The van der Waals surface area contributed by atoms with Crippen LogP contribution in [0, 0.1) is 0 Å². The van der Waals surface area contributed by atoms with E-state index in [2.05, 4.69) is 23.3 Å². The molecule has 3 aromatic carbocycles. The molecule has 1 fully saturated rings. The quantitative estimate of drug-likeness (QED) is 0.280. The molecule has 9 heteroatoms. The highest BCUT2D eigenvalue weighted by Gasteiger charge is 2.42. The Kier molecular flexibility index (Phi) is 8.70. The number of benzene rings is 3. The first kappa shape index (κ1) is 28.3. The Labute approximate surface area is 234 Å². The number of ether oxygens (including phenoxy) is 1. The number of hydrogen-bond acceptors (Lipinski definition) is 6. The molecule has 8 nitrogen and oxygen atoms in total. The average molecular weight is 550 g/mol. The number of phenolic OH excluding ortho intramolecular Hbond substituents is 1. The van der Waals surface area contributed by atoms with Gasteiger partial charge >= 0.3 is 6.09 Å². The second-order valence-electron chi connectivity index (χ2n) is 10.7. The molecular formula is C30H35N3O5S. The first-order valence-electron chi connectivity index (χ1n) is 13.1. The highest BCUT2D eigenvalue weighted by atomic mass is 32.1. The van der Waals surface area contributed by atoms with Crippen molar-refractivity contribution in [3.05, 3.63) is 72.3 Å². The van der Waals surface area contributed by atoms with Gasteiger partial charge in [0.1, 0.15) is 23.4 Å². The molecule has 3 N–H and O–H groups in total. The van der Waals surface area contributed by atoms with Gasteiger partial charge < -0.3 is 25.4 Å². The summed E-state index contributed by atoms with van der Waals surface area (Å²) >= 11 is 4.33. The lowest BCUT2D eigenvalue weighted by atomic mass is 9.88. The first-order chi connectivity index (χ1) is 18.6. The molecule has 3 amide bonds. The van der Waals surface area contributed by atoms with Crippen molar-refractivity contribution >= 4 is 47.0 Å². The molecule has 0 bridgehead atoms. The van der Waals surface area contributed by atoms with Gasteiger partial charge in [0.25, 0.3) is 5.91 Å². The summed E-state index contributed by atoms with van der Waals surface area (Å²) in [5, 5.41) is 18.3. The zero-order valence-electron chi connectivity index (χ0n) is 22.4. The summed E-state index contributed by atoms with van der Waals surface area (Å²) in [6.45, 7) is 5.20. The zero-order chi connectivity index (χ0) is 28.2. The van der Waals surface area contributed by atoms with Gasteiger partial charge in [0.15, 0.2) is 0 Å². The normalized spacial score (nSPS) is 15.1. The SMILES string of the molecule is CC(C)(C)OC(=O)NC(CS)C(=O)N(C1CCC1)C(C(=O)Nc1ccc2ccccc2c1)c1ccccc1O. The summed E-state index contributed by atoms with van der Waals surface area (Å²) < 4.78 is 5.35. The van der Waals surface area contributed by atoms with Crippen LogP contribution >= 0.6 is 12.6 Å². The van der Waals surface area contributed by atoms with E-state index < -0.39 is 35.6 Å². The number of nitrogens with one attached hydrogen (secondary N) is 2. The van der Waals surface area contributed by atoms with Gasteiger partial charge in [0.05, 0.1) is 0 Å². The van der Waals surface area contributed by atoms with Gasteiger partial charge in [-0.15, -0.1) is 0 Å². The maximum atomic E-state index is 14.0. The topological polar surface area (TPSA) is 108 Å². The number of nitrogens with zero attached hydrogens (tertiary/aromatic N) is 1. The number of phenols is 1. The predicted octanol–water partition coefficient (Wildman–Crippen LogP) is 5.43. The number of fused-ring (bicyclic) bond motifs is 1. The second kappa shape index (κ2) is 12.0. The van der Waals surface area contributed by atoms with E-state index in [1.165, 1.54) is 11.0 Å². The molecule has 1 aliphatic rings. The molecule has 0 radical (unpaired) electrons. The zero-order valence-corrected chi connectivity index (χ0v) is 23.3. The smallest absolute Gasteiger partial charge is 0.408 e. The maximum Gasteiger partial charge on any atom is 0.408 e. The van der Waals surface area contributed by atoms with Crippen LogP contribution in [0.2, 0.25) is 0 Å². The van der Waals surface area contributed by atoms with Crippen molar-refractivity contribution in [3.63, 3.8) is 0 Å². The van der Waals surface area contributed by atoms with E-state index in [-0.39, 0.29) is 17.5 Å². The number of aromatic hydroxyl groups is 1. The van der Waals surface area contributed by atoms with Crippen LogP contribution in [-0.2, 0) is 14.3 Å². The molecule has 3 aromatic rings. The number of anilines is 1. The molecule has 0 aliphatic heterocycles. The van der Waals surface area contributed by atoms with Gasteiger partial charge in [0, 0.05) is 23.0 Å². The fourth-order valence-electron chi connectivity index (χ4n) is 4.61. The van der Waals surface area contributed by atoms with E-state index >= 15 is 0 Å². The van der Waals surface area contributed by atoms with Crippen molar-refractivity contribution < 1.29 is 24.2 Å². The van der Waals surface area contributed by atoms with Gasteiger partial charge in [-0.2, -0.15) is 12.6 Å². The molecule has 4 rings (SSSR count). The average Bonchev–Trinajstić information content (AvgIpc) is 2.85. The number of amides is 3. The Morgan fingerprint density at radius 2 is 1.69 bits per heavy atom. The summed E-state index contributed by atoms with van der Waals surface area (Å²) in [4.78, 5) is 42.0. The minimum atomic E-state index is -1.14. The molecule has 0 aromatic heterocycles. The number of rotatable bonds is 8. The predicted molar refractivity (Wildman–Crippen MR) is 155 cm³/mol. The van der Waals surface area contributed by atoms with Gasteiger partial charge in [-0.25, -0.2) is 4.79 Å². The Balaban J connectivity index is 1.69. The molecular weight excluding hydrogens is 514 g/mol.